The normalized spacial score (nSPS) is 17.3. The van der Waals surface area contributed by atoms with Crippen LogP contribution in [0.5, 0.6) is 0 Å². The summed E-state index contributed by atoms with van der Waals surface area (Å²) in [6.45, 7) is 0.813. The number of carboxylic acid groups (broad SMARTS) is 1. The maximum absolute atomic E-state index is 13.2. The van der Waals surface area contributed by atoms with Crippen LogP contribution >= 0.6 is 11.6 Å². The number of alkyl halides is 2. The zero-order chi connectivity index (χ0) is 14.2. The van der Waals surface area contributed by atoms with E-state index in [-0.39, 0.29) is 22.9 Å². The molecule has 1 N–H and O–H groups in total. The number of rotatable bonds is 5. The highest BCUT2D eigenvalue weighted by Gasteiger charge is 2.35. The van der Waals surface area contributed by atoms with Gasteiger partial charge in [0, 0.05) is 17.5 Å². The molecule has 0 aliphatic heterocycles. The Morgan fingerprint density at radius 3 is 2.58 bits per heavy atom. The number of hydrogen-bond donors (Lipinski definition) is 1. The van der Waals surface area contributed by atoms with E-state index >= 15 is 0 Å². The van der Waals surface area contributed by atoms with E-state index in [4.69, 9.17) is 16.7 Å². The standard InChI is InChI=1S/C14H15ClF2O2/c1-14(16,17)9-4-5-10(12(15)6-9)11(7-13(18)19)8-2-3-8/h4-6,8,11H,2-3,7H2,1H3,(H,18,19). The summed E-state index contributed by atoms with van der Waals surface area (Å²) >= 11 is 6.06. The van der Waals surface area contributed by atoms with Crippen molar-refractivity contribution >= 4 is 17.6 Å². The largest absolute Gasteiger partial charge is 0.481 e. The fourth-order valence-electron chi connectivity index (χ4n) is 2.32. The number of halogens is 3. The van der Waals surface area contributed by atoms with Crippen LogP contribution in [-0.4, -0.2) is 11.1 Å². The van der Waals surface area contributed by atoms with E-state index in [1.807, 2.05) is 0 Å². The van der Waals surface area contributed by atoms with Gasteiger partial charge in [-0.2, -0.15) is 0 Å². The maximum Gasteiger partial charge on any atom is 0.303 e. The van der Waals surface area contributed by atoms with Gasteiger partial charge in [-0.05, 0) is 36.3 Å². The minimum Gasteiger partial charge on any atom is -0.481 e. The number of carboxylic acids is 1. The van der Waals surface area contributed by atoms with Crippen LogP contribution < -0.4 is 0 Å². The first-order valence-electron chi connectivity index (χ1n) is 6.18. The van der Waals surface area contributed by atoms with Crippen LogP contribution in [0, 0.1) is 5.92 Å². The molecule has 1 aromatic carbocycles. The second-order valence-electron chi connectivity index (χ2n) is 5.17. The Bertz CT molecular complexity index is 493. The Kier molecular flexibility index (Phi) is 3.81. The Hall–Kier alpha value is -1.16. The van der Waals surface area contributed by atoms with Crippen molar-refractivity contribution in [3.05, 3.63) is 34.3 Å². The number of hydrogen-bond acceptors (Lipinski definition) is 1. The molecular formula is C14H15ClF2O2. The molecular weight excluding hydrogens is 274 g/mol. The van der Waals surface area contributed by atoms with Gasteiger partial charge in [-0.15, -0.1) is 0 Å². The lowest BCUT2D eigenvalue weighted by molar-refractivity contribution is -0.137. The van der Waals surface area contributed by atoms with E-state index in [1.54, 1.807) is 6.07 Å². The fraction of sp³-hybridized carbons (Fsp3) is 0.500. The van der Waals surface area contributed by atoms with Gasteiger partial charge in [-0.25, -0.2) is 8.78 Å². The molecule has 1 aliphatic carbocycles. The smallest absolute Gasteiger partial charge is 0.303 e. The molecule has 1 aromatic rings. The molecule has 1 atom stereocenters. The van der Waals surface area contributed by atoms with Gasteiger partial charge >= 0.3 is 5.97 Å². The fourth-order valence-corrected chi connectivity index (χ4v) is 2.64. The highest BCUT2D eigenvalue weighted by Crippen LogP contribution is 2.46. The van der Waals surface area contributed by atoms with E-state index in [0.29, 0.717) is 11.5 Å². The molecule has 2 nitrogen and oxygen atoms in total. The topological polar surface area (TPSA) is 37.3 Å². The number of carbonyl (C=O) groups is 1. The molecule has 0 heterocycles. The van der Waals surface area contributed by atoms with Gasteiger partial charge in [0.05, 0.1) is 6.42 Å². The molecule has 0 radical (unpaired) electrons. The Labute approximate surface area is 115 Å². The molecule has 0 saturated heterocycles. The van der Waals surface area contributed by atoms with Gasteiger partial charge < -0.3 is 5.11 Å². The minimum absolute atomic E-state index is 0.00769. The van der Waals surface area contributed by atoms with Crippen molar-refractivity contribution < 1.29 is 18.7 Å². The SMILES string of the molecule is CC(F)(F)c1ccc(C(CC(=O)O)C2CC2)c(Cl)c1. The molecule has 0 spiro atoms. The highest BCUT2D eigenvalue weighted by molar-refractivity contribution is 6.31. The maximum atomic E-state index is 13.2. The Morgan fingerprint density at radius 2 is 2.16 bits per heavy atom. The van der Waals surface area contributed by atoms with E-state index in [9.17, 15) is 13.6 Å². The summed E-state index contributed by atoms with van der Waals surface area (Å²) < 4.78 is 26.4. The molecule has 2 rings (SSSR count). The van der Waals surface area contributed by atoms with Crippen molar-refractivity contribution in [1.82, 2.24) is 0 Å². The monoisotopic (exact) mass is 288 g/mol. The second-order valence-corrected chi connectivity index (χ2v) is 5.57. The lowest BCUT2D eigenvalue weighted by atomic mass is 9.90. The van der Waals surface area contributed by atoms with Gasteiger partial charge in [0.1, 0.15) is 0 Å². The third-order valence-electron chi connectivity index (χ3n) is 3.49. The van der Waals surface area contributed by atoms with Crippen molar-refractivity contribution in [1.29, 1.82) is 0 Å². The molecule has 0 bridgehead atoms. The molecule has 104 valence electrons. The highest BCUT2D eigenvalue weighted by atomic mass is 35.5. The summed E-state index contributed by atoms with van der Waals surface area (Å²) in [5.74, 6) is -3.70. The van der Waals surface area contributed by atoms with Crippen LogP contribution in [-0.2, 0) is 10.7 Å². The molecule has 1 saturated carbocycles. The van der Waals surface area contributed by atoms with Crippen molar-refractivity contribution in [2.75, 3.05) is 0 Å². The molecule has 19 heavy (non-hydrogen) atoms. The summed E-state index contributed by atoms with van der Waals surface area (Å²) in [7, 11) is 0. The number of benzene rings is 1. The van der Waals surface area contributed by atoms with E-state index in [1.165, 1.54) is 12.1 Å². The second kappa shape index (κ2) is 5.08. The summed E-state index contributed by atoms with van der Waals surface area (Å²) in [6, 6.07) is 4.12. The van der Waals surface area contributed by atoms with Gasteiger partial charge in [0.25, 0.3) is 5.92 Å². The van der Waals surface area contributed by atoms with Gasteiger partial charge in [0.2, 0.25) is 0 Å². The van der Waals surface area contributed by atoms with Crippen LogP contribution in [0.25, 0.3) is 0 Å². The van der Waals surface area contributed by atoms with Gasteiger partial charge in [-0.3, -0.25) is 4.79 Å². The lowest BCUT2D eigenvalue weighted by Crippen LogP contribution is -2.11. The predicted molar refractivity (Wildman–Crippen MR) is 68.7 cm³/mol. The average Bonchev–Trinajstić information content (AvgIpc) is 3.08. The average molecular weight is 289 g/mol. The molecule has 1 aliphatic rings. The number of aliphatic carboxylic acids is 1. The third kappa shape index (κ3) is 3.44. The lowest BCUT2D eigenvalue weighted by Gasteiger charge is -2.18. The summed E-state index contributed by atoms with van der Waals surface area (Å²) in [5, 5.41) is 9.17. The van der Waals surface area contributed by atoms with Crippen LogP contribution in [0.3, 0.4) is 0 Å². The minimum atomic E-state index is -2.94. The summed E-state index contributed by atoms with van der Waals surface area (Å²) in [5.41, 5.74) is 0.519. The van der Waals surface area contributed by atoms with Gasteiger partial charge in [-0.1, -0.05) is 23.7 Å². The third-order valence-corrected chi connectivity index (χ3v) is 3.82. The Balaban J connectivity index is 2.30. The van der Waals surface area contributed by atoms with Crippen LogP contribution in [0.4, 0.5) is 8.78 Å². The summed E-state index contributed by atoms with van der Waals surface area (Å²) in [4.78, 5) is 10.9. The molecule has 0 aromatic heterocycles. The van der Waals surface area contributed by atoms with E-state index in [0.717, 1.165) is 19.8 Å². The first-order chi connectivity index (χ1) is 8.79. The molecule has 1 unspecified atom stereocenters. The van der Waals surface area contributed by atoms with Crippen molar-refractivity contribution in [2.45, 2.75) is 38.0 Å². The van der Waals surface area contributed by atoms with Crippen molar-refractivity contribution in [3.8, 4) is 0 Å². The predicted octanol–water partition coefficient (Wildman–Crippen LogP) is 4.42. The molecule has 1 fully saturated rings. The first-order valence-corrected chi connectivity index (χ1v) is 6.56. The zero-order valence-corrected chi connectivity index (χ0v) is 11.3. The zero-order valence-electron chi connectivity index (χ0n) is 10.5. The Morgan fingerprint density at radius 1 is 1.53 bits per heavy atom. The van der Waals surface area contributed by atoms with E-state index in [2.05, 4.69) is 0 Å². The first kappa shape index (κ1) is 14.3. The van der Waals surface area contributed by atoms with Crippen LogP contribution in [0.2, 0.25) is 5.02 Å². The van der Waals surface area contributed by atoms with E-state index < -0.39 is 11.9 Å². The van der Waals surface area contributed by atoms with Crippen molar-refractivity contribution in [2.24, 2.45) is 5.92 Å². The summed E-state index contributed by atoms with van der Waals surface area (Å²) in [6.07, 6.45) is 1.94. The van der Waals surface area contributed by atoms with Crippen LogP contribution in [0.1, 0.15) is 43.2 Å². The molecule has 0 amide bonds. The van der Waals surface area contributed by atoms with Crippen molar-refractivity contribution in [3.63, 3.8) is 0 Å². The van der Waals surface area contributed by atoms with Gasteiger partial charge in [0.15, 0.2) is 0 Å². The quantitative estimate of drug-likeness (QED) is 0.871. The van der Waals surface area contributed by atoms with Crippen LogP contribution in [0.15, 0.2) is 18.2 Å². The molecule has 5 heteroatoms.